The highest BCUT2D eigenvalue weighted by Crippen LogP contribution is 2.35. The molecule has 0 bridgehead atoms. The fraction of sp³-hybridized carbons (Fsp3) is 0.250. The lowest BCUT2D eigenvalue weighted by Gasteiger charge is -2.15. The van der Waals surface area contributed by atoms with Crippen LogP contribution in [0.25, 0.3) is 0 Å². The molecule has 112 valence electrons. The maximum atomic E-state index is 10.4. The number of aliphatic hydroxyl groups is 1. The number of hydrogen-bond donors (Lipinski definition) is 1. The largest absolute Gasteiger partial charge is 0.492 e. The van der Waals surface area contributed by atoms with Crippen LogP contribution in [0.15, 0.2) is 40.9 Å². The molecule has 0 heterocycles. The molecule has 5 heteroatoms. The molecule has 1 atom stereocenters. The number of hydrogen-bond acceptors (Lipinski definition) is 2. The van der Waals surface area contributed by atoms with Crippen LogP contribution in [0.2, 0.25) is 10.0 Å². The molecule has 2 aromatic carbocycles. The Bertz CT molecular complexity index is 632. The van der Waals surface area contributed by atoms with Gasteiger partial charge >= 0.3 is 0 Å². The van der Waals surface area contributed by atoms with E-state index in [4.69, 9.17) is 27.9 Å². The molecule has 0 amide bonds. The first kappa shape index (κ1) is 16.6. The van der Waals surface area contributed by atoms with Gasteiger partial charge in [-0.25, -0.2) is 0 Å². The van der Waals surface area contributed by atoms with Crippen molar-refractivity contribution >= 4 is 39.1 Å². The van der Waals surface area contributed by atoms with Crippen LogP contribution in [0.3, 0.4) is 0 Å². The van der Waals surface area contributed by atoms with Crippen LogP contribution in [-0.4, -0.2) is 11.7 Å². The van der Waals surface area contributed by atoms with Crippen molar-refractivity contribution in [3.05, 3.63) is 62.0 Å². The predicted molar refractivity (Wildman–Crippen MR) is 90.4 cm³/mol. The van der Waals surface area contributed by atoms with Crippen LogP contribution in [0.1, 0.15) is 24.2 Å². The molecule has 0 saturated carbocycles. The van der Waals surface area contributed by atoms with Crippen molar-refractivity contribution in [3.63, 3.8) is 0 Å². The zero-order valence-corrected chi connectivity index (χ0v) is 14.5. The molecule has 0 fully saturated rings. The Morgan fingerprint density at radius 3 is 2.62 bits per heavy atom. The standard InChI is InChI=1S/C16H15BrCl2O2/c1-2-21-16-9-13(18)12(8-14(16)19)15(20)7-10-4-3-5-11(17)6-10/h3-6,8-9,15,20H,2,7H2,1H3. The second-order valence-corrected chi connectivity index (χ2v) is 6.32. The fourth-order valence-electron chi connectivity index (χ4n) is 2.06. The smallest absolute Gasteiger partial charge is 0.139 e. The Morgan fingerprint density at radius 2 is 1.95 bits per heavy atom. The molecule has 0 radical (unpaired) electrons. The van der Waals surface area contributed by atoms with E-state index in [9.17, 15) is 5.11 Å². The van der Waals surface area contributed by atoms with Crippen LogP contribution in [0.5, 0.6) is 5.75 Å². The second kappa shape index (κ2) is 7.50. The molecule has 1 N–H and O–H groups in total. The Kier molecular flexibility index (Phi) is 5.94. The minimum atomic E-state index is -0.722. The van der Waals surface area contributed by atoms with E-state index in [1.165, 1.54) is 0 Å². The van der Waals surface area contributed by atoms with Crippen LogP contribution in [0, 0.1) is 0 Å². The van der Waals surface area contributed by atoms with Gasteiger partial charge in [-0.3, -0.25) is 0 Å². The molecular formula is C16H15BrCl2O2. The van der Waals surface area contributed by atoms with Crippen molar-refractivity contribution in [1.29, 1.82) is 0 Å². The average molecular weight is 390 g/mol. The highest BCUT2D eigenvalue weighted by Gasteiger charge is 2.16. The number of benzene rings is 2. The molecule has 21 heavy (non-hydrogen) atoms. The van der Waals surface area contributed by atoms with E-state index >= 15 is 0 Å². The first-order chi connectivity index (χ1) is 10.0. The third kappa shape index (κ3) is 4.36. The summed E-state index contributed by atoms with van der Waals surface area (Å²) in [6, 6.07) is 11.1. The van der Waals surface area contributed by atoms with Gasteiger partial charge in [0.1, 0.15) is 5.75 Å². The number of ether oxygens (including phenoxy) is 1. The number of halogens is 3. The molecule has 2 nitrogen and oxygen atoms in total. The van der Waals surface area contributed by atoms with Crippen LogP contribution in [0.4, 0.5) is 0 Å². The molecule has 0 aliphatic carbocycles. The van der Waals surface area contributed by atoms with Gasteiger partial charge in [-0.1, -0.05) is 51.3 Å². The van der Waals surface area contributed by atoms with Gasteiger partial charge < -0.3 is 9.84 Å². The summed E-state index contributed by atoms with van der Waals surface area (Å²) < 4.78 is 6.36. The lowest BCUT2D eigenvalue weighted by atomic mass is 10.0. The van der Waals surface area contributed by atoms with E-state index in [1.807, 2.05) is 31.2 Å². The molecular weight excluding hydrogens is 375 g/mol. The van der Waals surface area contributed by atoms with Crippen LogP contribution in [-0.2, 0) is 6.42 Å². The summed E-state index contributed by atoms with van der Waals surface area (Å²) in [5, 5.41) is 11.3. The molecule has 0 saturated heterocycles. The van der Waals surface area contributed by atoms with Crippen molar-refractivity contribution in [3.8, 4) is 5.75 Å². The first-order valence-corrected chi connectivity index (χ1v) is 8.10. The maximum Gasteiger partial charge on any atom is 0.139 e. The summed E-state index contributed by atoms with van der Waals surface area (Å²) in [6.45, 7) is 2.39. The fourth-order valence-corrected chi connectivity index (χ4v) is 3.02. The van der Waals surface area contributed by atoms with Crippen LogP contribution >= 0.6 is 39.1 Å². The van der Waals surface area contributed by atoms with E-state index in [0.717, 1.165) is 10.0 Å². The van der Waals surface area contributed by atoms with Crippen molar-refractivity contribution < 1.29 is 9.84 Å². The van der Waals surface area contributed by atoms with Crippen molar-refractivity contribution in [2.75, 3.05) is 6.61 Å². The van der Waals surface area contributed by atoms with Gasteiger partial charge in [-0.05, 0) is 30.7 Å². The van der Waals surface area contributed by atoms with Gasteiger partial charge in [0.15, 0.2) is 0 Å². The summed E-state index contributed by atoms with van der Waals surface area (Å²) in [5.41, 5.74) is 1.61. The summed E-state index contributed by atoms with van der Waals surface area (Å²) in [4.78, 5) is 0. The zero-order chi connectivity index (χ0) is 15.4. The Morgan fingerprint density at radius 1 is 1.19 bits per heavy atom. The molecule has 1 unspecified atom stereocenters. The molecule has 2 aromatic rings. The van der Waals surface area contributed by atoms with E-state index in [-0.39, 0.29) is 0 Å². The highest BCUT2D eigenvalue weighted by atomic mass is 79.9. The van der Waals surface area contributed by atoms with Gasteiger partial charge in [0, 0.05) is 22.5 Å². The maximum absolute atomic E-state index is 10.4. The molecule has 0 aliphatic rings. The average Bonchev–Trinajstić information content (AvgIpc) is 2.42. The summed E-state index contributed by atoms with van der Waals surface area (Å²) in [5.74, 6) is 0.530. The summed E-state index contributed by atoms with van der Waals surface area (Å²) in [7, 11) is 0. The third-order valence-corrected chi connectivity index (χ3v) is 4.14. The van der Waals surface area contributed by atoms with E-state index < -0.39 is 6.10 Å². The zero-order valence-electron chi connectivity index (χ0n) is 11.4. The second-order valence-electron chi connectivity index (χ2n) is 4.59. The minimum Gasteiger partial charge on any atom is -0.492 e. The number of rotatable bonds is 5. The lowest BCUT2D eigenvalue weighted by molar-refractivity contribution is 0.178. The van der Waals surface area contributed by atoms with Gasteiger partial charge in [-0.15, -0.1) is 0 Å². The van der Waals surface area contributed by atoms with Gasteiger partial charge in [0.05, 0.1) is 22.8 Å². The van der Waals surface area contributed by atoms with Gasteiger partial charge in [-0.2, -0.15) is 0 Å². The Balaban J connectivity index is 2.23. The minimum absolute atomic E-state index is 0.449. The summed E-state index contributed by atoms with van der Waals surface area (Å²) in [6.07, 6.45) is -0.260. The molecule has 0 aliphatic heterocycles. The van der Waals surface area contributed by atoms with Crippen molar-refractivity contribution in [2.45, 2.75) is 19.4 Å². The topological polar surface area (TPSA) is 29.5 Å². The van der Waals surface area contributed by atoms with Crippen molar-refractivity contribution in [2.24, 2.45) is 0 Å². The SMILES string of the molecule is CCOc1cc(Cl)c(C(O)Cc2cccc(Br)c2)cc1Cl. The van der Waals surface area contributed by atoms with Gasteiger partial charge in [0.25, 0.3) is 0 Å². The highest BCUT2D eigenvalue weighted by molar-refractivity contribution is 9.10. The summed E-state index contributed by atoms with van der Waals surface area (Å²) >= 11 is 15.8. The quantitative estimate of drug-likeness (QED) is 0.738. The third-order valence-electron chi connectivity index (χ3n) is 3.03. The monoisotopic (exact) mass is 388 g/mol. The predicted octanol–water partition coefficient (Wildman–Crippen LogP) is 5.43. The first-order valence-electron chi connectivity index (χ1n) is 6.55. The number of aliphatic hydroxyl groups excluding tert-OH is 1. The molecule has 0 spiro atoms. The van der Waals surface area contributed by atoms with Gasteiger partial charge in [0.2, 0.25) is 0 Å². The normalized spacial score (nSPS) is 12.2. The molecule has 2 rings (SSSR count). The molecule has 0 aromatic heterocycles. The Hall–Kier alpha value is -0.740. The lowest BCUT2D eigenvalue weighted by Crippen LogP contribution is -2.03. The van der Waals surface area contributed by atoms with Crippen molar-refractivity contribution in [1.82, 2.24) is 0 Å². The van der Waals surface area contributed by atoms with E-state index in [0.29, 0.717) is 34.4 Å². The van der Waals surface area contributed by atoms with E-state index in [1.54, 1.807) is 12.1 Å². The Labute approximate surface area is 142 Å². The van der Waals surface area contributed by atoms with E-state index in [2.05, 4.69) is 15.9 Å². The van der Waals surface area contributed by atoms with Crippen LogP contribution < -0.4 is 4.74 Å².